The number of hydrogen-bond acceptors (Lipinski definition) is 4. The molecule has 0 unspecified atom stereocenters. The van der Waals surface area contributed by atoms with Gasteiger partial charge in [0.25, 0.3) is 0 Å². The second-order valence-electron chi connectivity index (χ2n) is 13.2. The Morgan fingerprint density at radius 1 is 0.340 bits per heavy atom. The Hall–Kier alpha value is -7.17. The molecule has 53 heavy (non-hydrogen) atoms. The molecule has 0 fully saturated rings. The SMILES string of the molecule is c1ccc(N(c2ccccc2)c2ccc3c4ccc(N(c5ccccc5)c5ccccc5)cc4c4oc(-c5cccc6ccccc56)nc4c3c2)cc1. The van der Waals surface area contributed by atoms with Crippen molar-refractivity contribution in [1.29, 1.82) is 0 Å². The lowest BCUT2D eigenvalue weighted by Crippen LogP contribution is -2.10. The maximum Gasteiger partial charge on any atom is 0.227 e. The van der Waals surface area contributed by atoms with Crippen molar-refractivity contribution in [2.24, 2.45) is 0 Å². The molecule has 250 valence electrons. The molecule has 10 rings (SSSR count). The third-order valence-electron chi connectivity index (χ3n) is 10.0. The number of hydrogen-bond donors (Lipinski definition) is 0. The molecule has 0 aliphatic rings. The molecule has 1 aromatic heterocycles. The Bertz CT molecular complexity index is 2640. The summed E-state index contributed by atoms with van der Waals surface area (Å²) in [4.78, 5) is 9.93. The van der Waals surface area contributed by atoms with Crippen molar-refractivity contribution in [1.82, 2.24) is 4.98 Å². The van der Waals surface area contributed by atoms with Crippen molar-refractivity contribution < 1.29 is 4.42 Å². The number of para-hydroxylation sites is 4. The predicted molar refractivity (Wildman–Crippen MR) is 221 cm³/mol. The van der Waals surface area contributed by atoms with Gasteiger partial charge in [-0.25, -0.2) is 4.98 Å². The average Bonchev–Trinajstić information content (AvgIpc) is 3.69. The minimum absolute atomic E-state index is 0.604. The van der Waals surface area contributed by atoms with Crippen LogP contribution in [0.4, 0.5) is 34.1 Å². The highest BCUT2D eigenvalue weighted by molar-refractivity contribution is 6.24. The molecule has 0 aliphatic carbocycles. The van der Waals surface area contributed by atoms with E-state index in [1.807, 2.05) is 0 Å². The molecular weight excluding hydrogens is 647 g/mol. The standard InChI is InChI=1S/C49H33N3O/c1-5-18-35(19-6-1)51(36-20-7-2-8-21-36)39-28-30-42-43-31-29-40(52(37-22-9-3-10-23-37)38-24-11-4-12-25-38)33-46(43)48-47(45(42)32-39)50-49(53-48)44-27-15-17-34-16-13-14-26-41(34)44/h1-33H. The van der Waals surface area contributed by atoms with Crippen molar-refractivity contribution in [3.8, 4) is 11.5 Å². The third kappa shape index (κ3) is 5.36. The molecule has 0 saturated heterocycles. The molecule has 0 atom stereocenters. The Balaban J connectivity index is 1.26. The van der Waals surface area contributed by atoms with E-state index in [9.17, 15) is 0 Å². The van der Waals surface area contributed by atoms with Gasteiger partial charge in [-0.1, -0.05) is 121 Å². The van der Waals surface area contributed by atoms with Crippen LogP contribution < -0.4 is 9.80 Å². The molecule has 0 N–H and O–H groups in total. The van der Waals surface area contributed by atoms with E-state index in [1.165, 1.54) is 0 Å². The highest BCUT2D eigenvalue weighted by Gasteiger charge is 2.22. The van der Waals surface area contributed by atoms with Gasteiger partial charge in [0.05, 0.1) is 0 Å². The Labute approximate surface area is 307 Å². The second-order valence-corrected chi connectivity index (χ2v) is 13.2. The lowest BCUT2D eigenvalue weighted by atomic mass is 9.98. The number of rotatable bonds is 7. The first kappa shape index (κ1) is 30.6. The maximum atomic E-state index is 6.96. The normalized spacial score (nSPS) is 11.4. The second kappa shape index (κ2) is 12.9. The van der Waals surface area contributed by atoms with Crippen molar-refractivity contribution >= 4 is 77.5 Å². The summed E-state index contributed by atoms with van der Waals surface area (Å²) in [7, 11) is 0. The first-order valence-corrected chi connectivity index (χ1v) is 17.9. The van der Waals surface area contributed by atoms with Crippen LogP contribution in [0, 0.1) is 0 Å². The molecule has 0 saturated carbocycles. The van der Waals surface area contributed by atoms with Crippen molar-refractivity contribution in [2.75, 3.05) is 9.80 Å². The smallest absolute Gasteiger partial charge is 0.227 e. The molecule has 0 spiro atoms. The molecule has 1 heterocycles. The van der Waals surface area contributed by atoms with E-state index in [1.54, 1.807) is 0 Å². The van der Waals surface area contributed by atoms with Gasteiger partial charge in [-0.15, -0.1) is 0 Å². The minimum atomic E-state index is 0.604. The molecule has 10 aromatic rings. The van der Waals surface area contributed by atoms with Gasteiger partial charge >= 0.3 is 0 Å². The number of fused-ring (bicyclic) bond motifs is 7. The zero-order chi connectivity index (χ0) is 35.1. The van der Waals surface area contributed by atoms with Crippen molar-refractivity contribution in [3.63, 3.8) is 0 Å². The quantitative estimate of drug-likeness (QED) is 0.157. The maximum absolute atomic E-state index is 6.96. The van der Waals surface area contributed by atoms with Gasteiger partial charge in [-0.05, 0) is 100 Å². The van der Waals surface area contributed by atoms with Crippen LogP contribution >= 0.6 is 0 Å². The van der Waals surface area contributed by atoms with Crippen LogP contribution in [-0.2, 0) is 0 Å². The van der Waals surface area contributed by atoms with Crippen LogP contribution in [0.15, 0.2) is 205 Å². The van der Waals surface area contributed by atoms with Crippen LogP contribution in [0.2, 0.25) is 0 Å². The molecule has 0 aliphatic heterocycles. The summed E-state index contributed by atoms with van der Waals surface area (Å²) in [5.74, 6) is 0.604. The van der Waals surface area contributed by atoms with Gasteiger partial charge in [0.2, 0.25) is 5.89 Å². The topological polar surface area (TPSA) is 32.5 Å². The average molecular weight is 680 g/mol. The zero-order valence-electron chi connectivity index (χ0n) is 28.8. The molecule has 0 amide bonds. The first-order valence-electron chi connectivity index (χ1n) is 17.9. The predicted octanol–water partition coefficient (Wildman–Crippen LogP) is 13.9. The van der Waals surface area contributed by atoms with E-state index in [0.29, 0.717) is 5.89 Å². The van der Waals surface area contributed by atoms with E-state index in [-0.39, 0.29) is 0 Å². The van der Waals surface area contributed by atoms with Gasteiger partial charge in [0, 0.05) is 50.5 Å². The van der Waals surface area contributed by atoms with Crippen molar-refractivity contribution in [2.45, 2.75) is 0 Å². The molecule has 4 heteroatoms. The summed E-state index contributed by atoms with van der Waals surface area (Å²) in [6.45, 7) is 0. The van der Waals surface area contributed by atoms with Crippen LogP contribution in [0.25, 0.3) is 54.9 Å². The fraction of sp³-hybridized carbons (Fsp3) is 0. The summed E-state index contributed by atoms with van der Waals surface area (Å²) < 4.78 is 6.96. The lowest BCUT2D eigenvalue weighted by Gasteiger charge is -2.26. The highest BCUT2D eigenvalue weighted by Crippen LogP contribution is 2.44. The Morgan fingerprint density at radius 2 is 0.792 bits per heavy atom. The van der Waals surface area contributed by atoms with Crippen LogP contribution in [0.5, 0.6) is 0 Å². The fourth-order valence-electron chi connectivity index (χ4n) is 7.61. The largest absolute Gasteiger partial charge is 0.435 e. The van der Waals surface area contributed by atoms with E-state index in [4.69, 9.17) is 9.40 Å². The summed E-state index contributed by atoms with van der Waals surface area (Å²) in [6, 6.07) is 70.2. The fourth-order valence-corrected chi connectivity index (χ4v) is 7.61. The van der Waals surface area contributed by atoms with Crippen LogP contribution in [-0.4, -0.2) is 4.98 Å². The first-order chi connectivity index (χ1) is 26.3. The van der Waals surface area contributed by atoms with E-state index < -0.39 is 0 Å². The van der Waals surface area contributed by atoms with Gasteiger partial charge in [-0.3, -0.25) is 0 Å². The van der Waals surface area contributed by atoms with Crippen LogP contribution in [0.3, 0.4) is 0 Å². The summed E-state index contributed by atoms with van der Waals surface area (Å²) in [5.41, 5.74) is 8.97. The third-order valence-corrected chi connectivity index (χ3v) is 10.0. The molecule has 4 nitrogen and oxygen atoms in total. The van der Waals surface area contributed by atoms with E-state index in [2.05, 4.69) is 210 Å². The summed E-state index contributed by atoms with van der Waals surface area (Å²) >= 11 is 0. The molecular formula is C49H33N3O. The van der Waals surface area contributed by atoms with Gasteiger partial charge in [0.15, 0.2) is 5.58 Å². The number of aromatic nitrogens is 1. The zero-order valence-corrected chi connectivity index (χ0v) is 28.8. The van der Waals surface area contributed by atoms with Gasteiger partial charge in [0.1, 0.15) is 5.52 Å². The molecule has 0 radical (unpaired) electrons. The van der Waals surface area contributed by atoms with Gasteiger partial charge in [-0.2, -0.15) is 0 Å². The number of anilines is 6. The summed E-state index contributed by atoms with van der Waals surface area (Å²) in [6.07, 6.45) is 0. The Morgan fingerprint density at radius 3 is 1.34 bits per heavy atom. The van der Waals surface area contributed by atoms with E-state index in [0.717, 1.165) is 83.1 Å². The lowest BCUT2D eigenvalue weighted by molar-refractivity contribution is 0.624. The van der Waals surface area contributed by atoms with Gasteiger partial charge < -0.3 is 14.2 Å². The Kier molecular flexibility index (Phi) is 7.43. The minimum Gasteiger partial charge on any atom is -0.435 e. The molecule has 0 bridgehead atoms. The van der Waals surface area contributed by atoms with E-state index >= 15 is 0 Å². The van der Waals surface area contributed by atoms with Crippen LogP contribution in [0.1, 0.15) is 0 Å². The van der Waals surface area contributed by atoms with Crippen molar-refractivity contribution in [3.05, 3.63) is 200 Å². The monoisotopic (exact) mass is 679 g/mol. The number of oxazole rings is 1. The highest BCUT2D eigenvalue weighted by atomic mass is 16.3. The number of nitrogens with zero attached hydrogens (tertiary/aromatic N) is 3. The summed E-state index contributed by atoms with van der Waals surface area (Å²) in [5, 5.41) is 6.52. The number of benzene rings is 9. The molecule has 9 aromatic carbocycles.